The lowest BCUT2D eigenvalue weighted by atomic mass is 10.1. The normalized spacial score (nSPS) is 10.7. The molecular formula is C20H23N5O2S. The average Bonchev–Trinajstić information content (AvgIpc) is 3.16. The Kier molecular flexibility index (Phi) is 6.30. The lowest BCUT2D eigenvalue weighted by molar-refractivity contribution is -0.113. The number of amides is 1. The summed E-state index contributed by atoms with van der Waals surface area (Å²) in [6, 6.07) is 11.8. The van der Waals surface area contributed by atoms with Gasteiger partial charge in [-0.15, -0.1) is 5.10 Å². The molecule has 8 heteroatoms. The summed E-state index contributed by atoms with van der Waals surface area (Å²) in [5.41, 5.74) is 4.85. The monoisotopic (exact) mass is 397 g/mol. The number of aromatic nitrogens is 4. The van der Waals surface area contributed by atoms with Crippen molar-refractivity contribution in [3.8, 4) is 11.4 Å². The van der Waals surface area contributed by atoms with Crippen LogP contribution in [0.25, 0.3) is 5.69 Å². The molecule has 0 aliphatic rings. The highest BCUT2D eigenvalue weighted by atomic mass is 32.2. The first-order chi connectivity index (χ1) is 13.5. The highest BCUT2D eigenvalue weighted by molar-refractivity contribution is 7.99. The van der Waals surface area contributed by atoms with Crippen molar-refractivity contribution in [1.82, 2.24) is 20.2 Å². The number of thioether (sulfide) groups is 1. The first-order valence-corrected chi connectivity index (χ1v) is 9.96. The van der Waals surface area contributed by atoms with E-state index in [1.165, 1.54) is 11.8 Å². The third-order valence-corrected chi connectivity index (χ3v) is 5.26. The van der Waals surface area contributed by atoms with Crippen LogP contribution in [0.4, 0.5) is 5.69 Å². The summed E-state index contributed by atoms with van der Waals surface area (Å²) < 4.78 is 7.01. The minimum absolute atomic E-state index is 0.0974. The number of nitrogens with zero attached hydrogens (tertiary/aromatic N) is 4. The molecule has 0 unspecified atom stereocenters. The van der Waals surface area contributed by atoms with E-state index in [0.717, 1.165) is 34.5 Å². The molecule has 3 aromatic rings. The predicted octanol–water partition coefficient (Wildman–Crippen LogP) is 3.58. The molecule has 28 heavy (non-hydrogen) atoms. The molecule has 0 fully saturated rings. The van der Waals surface area contributed by atoms with Gasteiger partial charge in [0.15, 0.2) is 0 Å². The van der Waals surface area contributed by atoms with E-state index in [1.807, 2.05) is 50.2 Å². The maximum atomic E-state index is 12.5. The lowest BCUT2D eigenvalue weighted by Gasteiger charge is -2.13. The topological polar surface area (TPSA) is 81.9 Å². The van der Waals surface area contributed by atoms with Crippen LogP contribution in [0, 0.1) is 13.8 Å². The SMILES string of the molecule is CCc1cccc(C)c1NC(=O)CSc1nnnn1-c1cc(C)ccc1OC. The van der Waals surface area contributed by atoms with Crippen LogP contribution < -0.4 is 10.1 Å². The molecule has 0 saturated heterocycles. The van der Waals surface area contributed by atoms with Crippen LogP contribution in [0.15, 0.2) is 41.6 Å². The van der Waals surface area contributed by atoms with Crippen LogP contribution in [0.3, 0.4) is 0 Å². The van der Waals surface area contributed by atoms with E-state index in [0.29, 0.717) is 10.9 Å². The first kappa shape index (κ1) is 19.9. The molecule has 0 aliphatic carbocycles. The Labute approximate surface area is 168 Å². The molecule has 0 bridgehead atoms. The Bertz CT molecular complexity index is 986. The second-order valence-electron chi connectivity index (χ2n) is 6.35. The van der Waals surface area contributed by atoms with Gasteiger partial charge < -0.3 is 10.1 Å². The number of hydrogen-bond acceptors (Lipinski definition) is 6. The molecule has 0 atom stereocenters. The average molecular weight is 398 g/mol. The van der Waals surface area contributed by atoms with Crippen LogP contribution >= 0.6 is 11.8 Å². The zero-order chi connectivity index (χ0) is 20.1. The molecule has 146 valence electrons. The van der Waals surface area contributed by atoms with Crippen LogP contribution in [-0.2, 0) is 11.2 Å². The molecule has 0 saturated carbocycles. The largest absolute Gasteiger partial charge is 0.494 e. The zero-order valence-corrected chi connectivity index (χ0v) is 17.2. The number of hydrogen-bond donors (Lipinski definition) is 1. The van der Waals surface area contributed by atoms with Crippen molar-refractivity contribution in [2.24, 2.45) is 0 Å². The van der Waals surface area contributed by atoms with E-state index in [2.05, 4.69) is 27.8 Å². The fourth-order valence-corrected chi connectivity index (χ4v) is 3.58. The van der Waals surface area contributed by atoms with Crippen molar-refractivity contribution < 1.29 is 9.53 Å². The molecule has 1 heterocycles. The zero-order valence-electron chi connectivity index (χ0n) is 16.4. The maximum Gasteiger partial charge on any atom is 0.234 e. The second-order valence-corrected chi connectivity index (χ2v) is 7.29. The van der Waals surface area contributed by atoms with Gasteiger partial charge in [-0.1, -0.05) is 43.0 Å². The van der Waals surface area contributed by atoms with E-state index in [-0.39, 0.29) is 11.7 Å². The van der Waals surface area contributed by atoms with E-state index in [4.69, 9.17) is 4.74 Å². The minimum atomic E-state index is -0.0974. The summed E-state index contributed by atoms with van der Waals surface area (Å²) in [4.78, 5) is 12.5. The van der Waals surface area contributed by atoms with Crippen LogP contribution in [0.1, 0.15) is 23.6 Å². The number of methoxy groups -OCH3 is 1. The van der Waals surface area contributed by atoms with E-state index in [9.17, 15) is 4.79 Å². The van der Waals surface area contributed by atoms with Gasteiger partial charge in [0.1, 0.15) is 11.4 Å². The molecule has 1 N–H and O–H groups in total. The summed E-state index contributed by atoms with van der Waals surface area (Å²) in [6.07, 6.45) is 0.857. The fourth-order valence-electron chi connectivity index (χ4n) is 2.89. The van der Waals surface area contributed by atoms with Crippen molar-refractivity contribution in [2.75, 3.05) is 18.2 Å². The third kappa shape index (κ3) is 4.33. The fraction of sp³-hybridized carbons (Fsp3) is 0.300. The number of anilines is 1. The second kappa shape index (κ2) is 8.88. The number of carbonyl (C=O) groups excluding carboxylic acids is 1. The Morgan fingerprint density at radius 1 is 1.25 bits per heavy atom. The summed E-state index contributed by atoms with van der Waals surface area (Å²) in [7, 11) is 1.60. The molecule has 2 aromatic carbocycles. The first-order valence-electron chi connectivity index (χ1n) is 8.98. The summed E-state index contributed by atoms with van der Waals surface area (Å²) in [5, 5.41) is 15.4. The number of para-hydroxylation sites is 1. The van der Waals surface area contributed by atoms with Gasteiger partial charge in [0.2, 0.25) is 11.1 Å². The number of carbonyl (C=O) groups is 1. The van der Waals surface area contributed by atoms with E-state index < -0.39 is 0 Å². The van der Waals surface area contributed by atoms with Crippen molar-refractivity contribution in [1.29, 1.82) is 0 Å². The Morgan fingerprint density at radius 3 is 2.82 bits per heavy atom. The number of tetrazole rings is 1. The Balaban J connectivity index is 1.75. The van der Waals surface area contributed by atoms with Gasteiger partial charge >= 0.3 is 0 Å². The predicted molar refractivity (Wildman–Crippen MR) is 110 cm³/mol. The van der Waals surface area contributed by atoms with Gasteiger partial charge in [-0.05, 0) is 59.5 Å². The summed E-state index contributed by atoms with van der Waals surface area (Å²) in [5.74, 6) is 0.767. The number of rotatable bonds is 7. The smallest absolute Gasteiger partial charge is 0.234 e. The summed E-state index contributed by atoms with van der Waals surface area (Å²) in [6.45, 7) is 6.05. The van der Waals surface area contributed by atoms with Gasteiger partial charge in [0.25, 0.3) is 0 Å². The standard InChI is InChI=1S/C20H23N5O2S/c1-5-15-8-6-7-14(3)19(15)21-18(26)12-28-20-22-23-24-25(20)16-11-13(2)9-10-17(16)27-4/h6-11H,5,12H2,1-4H3,(H,21,26). The van der Waals surface area contributed by atoms with Gasteiger partial charge in [-0.3, -0.25) is 4.79 Å². The molecule has 3 rings (SSSR count). The van der Waals surface area contributed by atoms with E-state index in [1.54, 1.807) is 11.8 Å². The third-order valence-electron chi connectivity index (χ3n) is 4.34. The van der Waals surface area contributed by atoms with Crippen molar-refractivity contribution >= 4 is 23.4 Å². The Morgan fingerprint density at radius 2 is 2.07 bits per heavy atom. The summed E-state index contributed by atoms with van der Waals surface area (Å²) >= 11 is 1.28. The quantitative estimate of drug-likeness (QED) is 0.614. The van der Waals surface area contributed by atoms with Crippen LogP contribution in [0.2, 0.25) is 0 Å². The maximum absolute atomic E-state index is 12.5. The number of ether oxygens (including phenoxy) is 1. The molecule has 0 aliphatic heterocycles. The highest BCUT2D eigenvalue weighted by Crippen LogP contribution is 2.27. The number of aryl methyl sites for hydroxylation is 3. The van der Waals surface area contributed by atoms with Gasteiger partial charge in [-0.25, -0.2) is 0 Å². The van der Waals surface area contributed by atoms with Crippen molar-refractivity contribution in [3.63, 3.8) is 0 Å². The van der Waals surface area contributed by atoms with Gasteiger partial charge in [0, 0.05) is 5.69 Å². The van der Waals surface area contributed by atoms with Gasteiger partial charge in [-0.2, -0.15) is 4.68 Å². The highest BCUT2D eigenvalue weighted by Gasteiger charge is 2.16. The lowest BCUT2D eigenvalue weighted by Crippen LogP contribution is -2.16. The van der Waals surface area contributed by atoms with Crippen LogP contribution in [-0.4, -0.2) is 39.0 Å². The Hall–Kier alpha value is -2.87. The molecule has 0 radical (unpaired) electrons. The molecule has 1 amide bonds. The van der Waals surface area contributed by atoms with Crippen molar-refractivity contribution in [2.45, 2.75) is 32.3 Å². The van der Waals surface area contributed by atoms with Crippen LogP contribution in [0.5, 0.6) is 5.75 Å². The number of benzene rings is 2. The molecule has 7 nitrogen and oxygen atoms in total. The van der Waals surface area contributed by atoms with Crippen molar-refractivity contribution in [3.05, 3.63) is 53.1 Å². The van der Waals surface area contributed by atoms with Gasteiger partial charge in [0.05, 0.1) is 12.9 Å². The molecule has 0 spiro atoms. The minimum Gasteiger partial charge on any atom is -0.494 e. The molecular weight excluding hydrogens is 374 g/mol. The number of nitrogens with one attached hydrogen (secondary N) is 1. The van der Waals surface area contributed by atoms with E-state index >= 15 is 0 Å². The molecule has 1 aromatic heterocycles.